The van der Waals surface area contributed by atoms with Gasteiger partial charge in [0.05, 0.1) is 6.42 Å². The van der Waals surface area contributed by atoms with E-state index in [2.05, 4.69) is 0 Å². The third-order valence-electron chi connectivity index (χ3n) is 2.84. The maximum atomic E-state index is 13.0. The van der Waals surface area contributed by atoms with Gasteiger partial charge in [-0.1, -0.05) is 6.07 Å². The molecule has 1 aliphatic heterocycles. The van der Waals surface area contributed by atoms with Crippen molar-refractivity contribution in [3.8, 4) is 0 Å². The van der Waals surface area contributed by atoms with Gasteiger partial charge in [-0.2, -0.15) is 0 Å². The minimum Gasteiger partial charge on any atom is -0.481 e. The standard InChI is InChI=1S/C11H12FNO2/c1-13-9(6-11(14)15)4-7-2-3-8(12)5-10(7)13/h2-3,5,9H,4,6H2,1H3,(H,14,15). The van der Waals surface area contributed by atoms with Crippen LogP contribution in [-0.2, 0) is 11.2 Å². The summed E-state index contributed by atoms with van der Waals surface area (Å²) in [5.41, 5.74) is 1.83. The van der Waals surface area contributed by atoms with Gasteiger partial charge in [0.25, 0.3) is 0 Å². The zero-order valence-corrected chi connectivity index (χ0v) is 8.40. The molecule has 4 heteroatoms. The molecule has 1 aromatic carbocycles. The van der Waals surface area contributed by atoms with E-state index < -0.39 is 5.97 Å². The van der Waals surface area contributed by atoms with Crippen LogP contribution in [-0.4, -0.2) is 24.2 Å². The summed E-state index contributed by atoms with van der Waals surface area (Å²) in [7, 11) is 1.80. The van der Waals surface area contributed by atoms with Crippen LogP contribution in [0.15, 0.2) is 18.2 Å². The number of carboxylic acid groups (broad SMARTS) is 1. The Morgan fingerprint density at radius 1 is 1.67 bits per heavy atom. The van der Waals surface area contributed by atoms with Crippen molar-refractivity contribution in [2.45, 2.75) is 18.9 Å². The first-order chi connectivity index (χ1) is 7.08. The average molecular weight is 209 g/mol. The molecular formula is C11H12FNO2. The molecule has 1 unspecified atom stereocenters. The number of likely N-dealkylation sites (N-methyl/N-ethyl adjacent to an activating group) is 1. The summed E-state index contributed by atoms with van der Waals surface area (Å²) in [5, 5.41) is 8.72. The summed E-state index contributed by atoms with van der Waals surface area (Å²) in [4.78, 5) is 12.5. The SMILES string of the molecule is CN1c2cc(F)ccc2CC1CC(=O)O. The Kier molecular flexibility index (Phi) is 2.34. The van der Waals surface area contributed by atoms with Crippen molar-refractivity contribution in [1.29, 1.82) is 0 Å². The number of halogens is 1. The van der Waals surface area contributed by atoms with Crippen LogP contribution in [0, 0.1) is 5.82 Å². The number of carbonyl (C=O) groups is 1. The fourth-order valence-electron chi connectivity index (χ4n) is 2.04. The Morgan fingerprint density at radius 3 is 3.07 bits per heavy atom. The lowest BCUT2D eigenvalue weighted by molar-refractivity contribution is -0.137. The first-order valence-corrected chi connectivity index (χ1v) is 4.81. The summed E-state index contributed by atoms with van der Waals surface area (Å²) in [6.45, 7) is 0. The monoisotopic (exact) mass is 209 g/mol. The number of hydrogen-bond donors (Lipinski definition) is 1. The third kappa shape index (κ3) is 1.79. The maximum Gasteiger partial charge on any atom is 0.305 e. The Morgan fingerprint density at radius 2 is 2.40 bits per heavy atom. The molecule has 1 heterocycles. The summed E-state index contributed by atoms with van der Waals surface area (Å²) in [6.07, 6.45) is 0.769. The smallest absolute Gasteiger partial charge is 0.305 e. The zero-order valence-electron chi connectivity index (χ0n) is 8.40. The number of anilines is 1. The molecule has 1 aliphatic rings. The Bertz CT molecular complexity index is 406. The minimum atomic E-state index is -0.819. The van der Waals surface area contributed by atoms with Crippen LogP contribution >= 0.6 is 0 Å². The highest BCUT2D eigenvalue weighted by atomic mass is 19.1. The second-order valence-electron chi connectivity index (χ2n) is 3.84. The lowest BCUT2D eigenvalue weighted by Gasteiger charge is -2.20. The van der Waals surface area contributed by atoms with Gasteiger partial charge in [0, 0.05) is 18.8 Å². The number of aliphatic carboxylic acids is 1. The molecule has 0 fully saturated rings. The van der Waals surface area contributed by atoms with E-state index >= 15 is 0 Å². The quantitative estimate of drug-likeness (QED) is 0.805. The number of rotatable bonds is 2. The summed E-state index contributed by atoms with van der Waals surface area (Å²) in [6, 6.07) is 4.54. The molecule has 1 N–H and O–H groups in total. The molecule has 1 aromatic rings. The van der Waals surface area contributed by atoms with Crippen LogP contribution in [0.2, 0.25) is 0 Å². The van der Waals surface area contributed by atoms with Crippen LogP contribution in [0.1, 0.15) is 12.0 Å². The lowest BCUT2D eigenvalue weighted by atomic mass is 10.1. The zero-order chi connectivity index (χ0) is 11.0. The van der Waals surface area contributed by atoms with E-state index in [0.29, 0.717) is 6.42 Å². The molecule has 15 heavy (non-hydrogen) atoms. The summed E-state index contributed by atoms with van der Waals surface area (Å²) < 4.78 is 13.0. The number of nitrogens with zero attached hydrogens (tertiary/aromatic N) is 1. The largest absolute Gasteiger partial charge is 0.481 e. The maximum absolute atomic E-state index is 13.0. The second kappa shape index (κ2) is 3.53. The van der Waals surface area contributed by atoms with E-state index in [-0.39, 0.29) is 18.3 Å². The molecule has 0 aliphatic carbocycles. The van der Waals surface area contributed by atoms with Crippen LogP contribution in [0.3, 0.4) is 0 Å². The third-order valence-corrected chi connectivity index (χ3v) is 2.84. The topological polar surface area (TPSA) is 40.5 Å². The van der Waals surface area contributed by atoms with E-state index in [1.807, 2.05) is 4.90 Å². The van der Waals surface area contributed by atoms with Gasteiger partial charge in [-0.3, -0.25) is 4.79 Å². The predicted octanol–water partition coefficient (Wildman–Crippen LogP) is 1.66. The molecule has 2 rings (SSSR count). The first-order valence-electron chi connectivity index (χ1n) is 4.81. The summed E-state index contributed by atoms with van der Waals surface area (Å²) in [5.74, 6) is -1.10. The van der Waals surface area contributed by atoms with Crippen LogP contribution < -0.4 is 4.90 Å². The highest BCUT2D eigenvalue weighted by Crippen LogP contribution is 2.32. The van der Waals surface area contributed by atoms with Gasteiger partial charge in [-0.05, 0) is 24.1 Å². The Labute approximate surface area is 87.1 Å². The highest BCUT2D eigenvalue weighted by Gasteiger charge is 2.28. The van der Waals surface area contributed by atoms with Crippen LogP contribution in [0.4, 0.5) is 10.1 Å². The van der Waals surface area contributed by atoms with Gasteiger partial charge >= 0.3 is 5.97 Å². The number of hydrogen-bond acceptors (Lipinski definition) is 2. The number of benzene rings is 1. The molecule has 0 bridgehead atoms. The van der Waals surface area contributed by atoms with Crippen molar-refractivity contribution >= 4 is 11.7 Å². The van der Waals surface area contributed by atoms with Gasteiger partial charge in [0.1, 0.15) is 5.82 Å². The van der Waals surface area contributed by atoms with Crippen LogP contribution in [0.5, 0.6) is 0 Å². The Hall–Kier alpha value is -1.58. The lowest BCUT2D eigenvalue weighted by Crippen LogP contribution is -2.30. The van der Waals surface area contributed by atoms with E-state index in [9.17, 15) is 9.18 Å². The average Bonchev–Trinajstić information content (AvgIpc) is 2.44. The molecule has 3 nitrogen and oxygen atoms in total. The first kappa shape index (κ1) is 9.96. The van der Waals surface area contributed by atoms with Crippen molar-refractivity contribution in [2.24, 2.45) is 0 Å². The van der Waals surface area contributed by atoms with Crippen molar-refractivity contribution in [2.75, 3.05) is 11.9 Å². The van der Waals surface area contributed by atoms with Gasteiger partial charge in [0.15, 0.2) is 0 Å². The predicted molar refractivity (Wildman–Crippen MR) is 54.5 cm³/mol. The fraction of sp³-hybridized carbons (Fsp3) is 0.364. The molecule has 80 valence electrons. The van der Waals surface area contributed by atoms with Gasteiger partial charge in [0.2, 0.25) is 0 Å². The van der Waals surface area contributed by atoms with Gasteiger partial charge < -0.3 is 10.0 Å². The number of carboxylic acids is 1. The molecule has 0 saturated heterocycles. The normalized spacial score (nSPS) is 19.1. The van der Waals surface area contributed by atoms with E-state index in [4.69, 9.17) is 5.11 Å². The second-order valence-corrected chi connectivity index (χ2v) is 3.84. The molecule has 0 aromatic heterocycles. The van der Waals surface area contributed by atoms with Crippen molar-refractivity contribution < 1.29 is 14.3 Å². The van der Waals surface area contributed by atoms with E-state index in [1.165, 1.54) is 12.1 Å². The molecule has 0 spiro atoms. The van der Waals surface area contributed by atoms with Crippen molar-refractivity contribution in [3.05, 3.63) is 29.6 Å². The highest BCUT2D eigenvalue weighted by molar-refractivity contribution is 5.70. The molecule has 0 radical (unpaired) electrons. The molecule has 1 atom stereocenters. The van der Waals surface area contributed by atoms with Crippen molar-refractivity contribution in [3.63, 3.8) is 0 Å². The molecule has 0 saturated carbocycles. The molecule has 0 amide bonds. The van der Waals surface area contributed by atoms with E-state index in [1.54, 1.807) is 13.1 Å². The van der Waals surface area contributed by atoms with Crippen LogP contribution in [0.25, 0.3) is 0 Å². The fourth-order valence-corrected chi connectivity index (χ4v) is 2.04. The van der Waals surface area contributed by atoms with Gasteiger partial charge in [-0.15, -0.1) is 0 Å². The summed E-state index contributed by atoms with van der Waals surface area (Å²) >= 11 is 0. The van der Waals surface area contributed by atoms with Gasteiger partial charge in [-0.25, -0.2) is 4.39 Å². The van der Waals surface area contributed by atoms with Crippen molar-refractivity contribution in [1.82, 2.24) is 0 Å². The van der Waals surface area contributed by atoms with E-state index in [0.717, 1.165) is 11.3 Å². The minimum absolute atomic E-state index is 0.0562. The molecular weight excluding hydrogens is 197 g/mol. The Balaban J connectivity index is 2.25. The number of fused-ring (bicyclic) bond motifs is 1.